The van der Waals surface area contributed by atoms with Crippen molar-refractivity contribution in [2.75, 3.05) is 12.8 Å². The highest BCUT2D eigenvalue weighted by Gasteiger charge is 2.15. The van der Waals surface area contributed by atoms with E-state index in [9.17, 15) is 4.79 Å². The quantitative estimate of drug-likeness (QED) is 0.706. The molecule has 1 aromatic carbocycles. The number of rotatable bonds is 4. The molecule has 0 radical (unpaired) electrons. The average molecular weight is 265 g/mol. The van der Waals surface area contributed by atoms with Crippen molar-refractivity contribution < 1.29 is 4.79 Å². The summed E-state index contributed by atoms with van der Waals surface area (Å²) in [6.45, 7) is 0. The summed E-state index contributed by atoms with van der Waals surface area (Å²) in [6, 6.07) is 5.90. The molecule has 1 atom stereocenters. The first kappa shape index (κ1) is 13.4. The number of nitrogens with two attached hydrogens (primary N) is 1. The number of nitrogens with one attached hydrogen (secondary N) is 2. The molecule has 2 rings (SSSR count). The lowest BCUT2D eigenvalue weighted by Crippen LogP contribution is -2.46. The molecule has 0 aliphatic carbocycles. The first-order chi connectivity index (χ1) is 8.70. The minimum absolute atomic E-state index is 0.176. The van der Waals surface area contributed by atoms with Gasteiger partial charge in [0.25, 0.3) is 5.91 Å². The van der Waals surface area contributed by atoms with Crippen LogP contribution in [0.2, 0.25) is 0 Å². The van der Waals surface area contributed by atoms with Crippen LogP contribution >= 0.6 is 11.8 Å². The Hall–Kier alpha value is -1.04. The van der Waals surface area contributed by atoms with E-state index in [0.29, 0.717) is 6.42 Å². The third-order valence-electron chi connectivity index (χ3n) is 3.01. The summed E-state index contributed by atoms with van der Waals surface area (Å²) in [5, 5.41) is 0. The van der Waals surface area contributed by atoms with Crippen molar-refractivity contribution in [3.63, 3.8) is 0 Å². The van der Waals surface area contributed by atoms with E-state index in [1.807, 2.05) is 11.8 Å². The number of amides is 1. The molecule has 0 spiro atoms. The first-order valence-corrected chi connectivity index (χ1v) is 7.16. The Morgan fingerprint density at radius 1 is 1.56 bits per heavy atom. The molecule has 0 saturated heterocycles. The number of hydrazine groups is 1. The van der Waals surface area contributed by atoms with Crippen LogP contribution in [0.3, 0.4) is 0 Å². The van der Waals surface area contributed by atoms with Gasteiger partial charge in [-0.2, -0.15) is 0 Å². The van der Waals surface area contributed by atoms with E-state index in [-0.39, 0.29) is 5.91 Å². The highest BCUT2D eigenvalue weighted by atomic mass is 32.2. The summed E-state index contributed by atoms with van der Waals surface area (Å²) in [7, 11) is 1.65. The summed E-state index contributed by atoms with van der Waals surface area (Å²) in [4.78, 5) is 12.9. The molecule has 4 nitrogen and oxygen atoms in total. The van der Waals surface area contributed by atoms with Gasteiger partial charge >= 0.3 is 0 Å². The Morgan fingerprint density at radius 2 is 2.39 bits per heavy atom. The SMILES string of the molecule is CNNC(=O)C(N)Cc1ccc2c(c1)CCCS2. The molecule has 0 saturated carbocycles. The summed E-state index contributed by atoms with van der Waals surface area (Å²) in [5.74, 6) is 1.03. The Kier molecular flexibility index (Phi) is 4.63. The lowest BCUT2D eigenvalue weighted by Gasteiger charge is -2.17. The van der Waals surface area contributed by atoms with Crippen molar-refractivity contribution in [3.05, 3.63) is 29.3 Å². The monoisotopic (exact) mass is 265 g/mol. The van der Waals surface area contributed by atoms with Gasteiger partial charge in [0.1, 0.15) is 0 Å². The second-order valence-electron chi connectivity index (χ2n) is 4.44. The van der Waals surface area contributed by atoms with Gasteiger partial charge in [0.05, 0.1) is 6.04 Å². The zero-order chi connectivity index (χ0) is 13.0. The number of aryl methyl sites for hydroxylation is 1. The number of fused-ring (bicyclic) bond motifs is 1. The maximum Gasteiger partial charge on any atom is 0.251 e. The highest BCUT2D eigenvalue weighted by Crippen LogP contribution is 2.30. The Labute approximate surface area is 112 Å². The van der Waals surface area contributed by atoms with Crippen LogP contribution in [0.25, 0.3) is 0 Å². The first-order valence-electron chi connectivity index (χ1n) is 6.17. The summed E-state index contributed by atoms with van der Waals surface area (Å²) in [5.41, 5.74) is 13.5. The van der Waals surface area contributed by atoms with Crippen molar-refractivity contribution in [2.24, 2.45) is 5.73 Å². The molecule has 5 heteroatoms. The van der Waals surface area contributed by atoms with Gasteiger partial charge in [-0.15, -0.1) is 11.8 Å². The third-order valence-corrected chi connectivity index (χ3v) is 4.22. The molecule has 98 valence electrons. The minimum Gasteiger partial charge on any atom is -0.320 e. The number of carbonyl (C=O) groups excluding carboxylic acids is 1. The number of hydrogen-bond donors (Lipinski definition) is 3. The van der Waals surface area contributed by atoms with Crippen molar-refractivity contribution in [1.29, 1.82) is 0 Å². The van der Waals surface area contributed by atoms with E-state index < -0.39 is 6.04 Å². The molecule has 0 aromatic heterocycles. The number of benzene rings is 1. The van der Waals surface area contributed by atoms with Gasteiger partial charge in [-0.3, -0.25) is 10.2 Å². The van der Waals surface area contributed by atoms with Crippen LogP contribution in [0, 0.1) is 0 Å². The lowest BCUT2D eigenvalue weighted by molar-refractivity contribution is -0.123. The van der Waals surface area contributed by atoms with Gasteiger partial charge in [0.2, 0.25) is 0 Å². The normalized spacial score (nSPS) is 15.9. The van der Waals surface area contributed by atoms with Crippen molar-refractivity contribution in [3.8, 4) is 0 Å². The van der Waals surface area contributed by atoms with Gasteiger partial charge < -0.3 is 5.73 Å². The van der Waals surface area contributed by atoms with E-state index in [0.717, 1.165) is 12.0 Å². The zero-order valence-corrected chi connectivity index (χ0v) is 11.3. The highest BCUT2D eigenvalue weighted by molar-refractivity contribution is 7.99. The van der Waals surface area contributed by atoms with Crippen LogP contribution in [0.4, 0.5) is 0 Å². The van der Waals surface area contributed by atoms with Crippen molar-refractivity contribution in [1.82, 2.24) is 10.9 Å². The van der Waals surface area contributed by atoms with Crippen LogP contribution in [0.15, 0.2) is 23.1 Å². The van der Waals surface area contributed by atoms with Crippen molar-refractivity contribution in [2.45, 2.75) is 30.2 Å². The molecular weight excluding hydrogens is 246 g/mol. The van der Waals surface area contributed by atoms with Crippen LogP contribution in [0.1, 0.15) is 17.5 Å². The predicted molar refractivity (Wildman–Crippen MR) is 74.4 cm³/mol. The zero-order valence-electron chi connectivity index (χ0n) is 10.5. The smallest absolute Gasteiger partial charge is 0.251 e. The van der Waals surface area contributed by atoms with E-state index >= 15 is 0 Å². The largest absolute Gasteiger partial charge is 0.320 e. The van der Waals surface area contributed by atoms with E-state index in [2.05, 4.69) is 29.1 Å². The lowest BCUT2D eigenvalue weighted by atomic mass is 10.0. The topological polar surface area (TPSA) is 67.1 Å². The average Bonchev–Trinajstić information content (AvgIpc) is 2.39. The summed E-state index contributed by atoms with van der Waals surface area (Å²) in [6.07, 6.45) is 2.94. The molecule has 18 heavy (non-hydrogen) atoms. The molecule has 0 bridgehead atoms. The molecule has 1 unspecified atom stereocenters. The molecule has 0 fully saturated rings. The van der Waals surface area contributed by atoms with E-state index in [1.54, 1.807) is 7.05 Å². The van der Waals surface area contributed by atoms with Gasteiger partial charge in [0, 0.05) is 11.9 Å². The number of hydrogen-bond acceptors (Lipinski definition) is 4. The molecule has 1 heterocycles. The van der Waals surface area contributed by atoms with Gasteiger partial charge in [-0.1, -0.05) is 12.1 Å². The van der Waals surface area contributed by atoms with Gasteiger partial charge in [-0.25, -0.2) is 5.43 Å². The van der Waals surface area contributed by atoms with Crippen LogP contribution in [-0.2, 0) is 17.6 Å². The van der Waals surface area contributed by atoms with Crippen LogP contribution < -0.4 is 16.6 Å². The second-order valence-corrected chi connectivity index (χ2v) is 5.58. The van der Waals surface area contributed by atoms with E-state index in [4.69, 9.17) is 5.73 Å². The Balaban J connectivity index is 2.03. The van der Waals surface area contributed by atoms with E-state index in [1.165, 1.54) is 22.6 Å². The molecule has 1 aliphatic rings. The van der Waals surface area contributed by atoms with Gasteiger partial charge in [-0.05, 0) is 42.2 Å². The van der Waals surface area contributed by atoms with Crippen LogP contribution in [-0.4, -0.2) is 24.7 Å². The fraction of sp³-hybridized carbons (Fsp3) is 0.462. The third kappa shape index (κ3) is 3.25. The number of thioether (sulfide) groups is 1. The maximum absolute atomic E-state index is 11.5. The molecule has 1 amide bonds. The summed E-state index contributed by atoms with van der Waals surface area (Å²) >= 11 is 1.91. The van der Waals surface area contributed by atoms with Crippen LogP contribution in [0.5, 0.6) is 0 Å². The van der Waals surface area contributed by atoms with Crippen molar-refractivity contribution >= 4 is 17.7 Å². The summed E-state index contributed by atoms with van der Waals surface area (Å²) < 4.78 is 0. The predicted octanol–water partition coefficient (Wildman–Crippen LogP) is 0.845. The minimum atomic E-state index is -0.508. The maximum atomic E-state index is 11.5. The molecule has 1 aromatic rings. The standard InChI is InChI=1S/C13H19N3OS/c1-15-16-13(17)11(14)8-9-4-5-12-10(7-9)3-2-6-18-12/h4-5,7,11,15H,2-3,6,8,14H2,1H3,(H,16,17). The molecular formula is C13H19N3OS. The number of carbonyl (C=O) groups is 1. The fourth-order valence-corrected chi connectivity index (χ4v) is 3.12. The Morgan fingerprint density at radius 3 is 3.17 bits per heavy atom. The fourth-order valence-electron chi connectivity index (χ4n) is 2.10. The van der Waals surface area contributed by atoms with Gasteiger partial charge in [0.15, 0.2) is 0 Å². The molecule has 1 aliphatic heterocycles. The molecule has 4 N–H and O–H groups in total. The second kappa shape index (κ2) is 6.22. The Bertz CT molecular complexity index is 436.